The van der Waals surface area contributed by atoms with E-state index in [1.54, 1.807) is 18.5 Å². The number of pyridine rings is 1. The number of carbonyl (C=O) groups is 3. The van der Waals surface area contributed by atoms with E-state index >= 15 is 0 Å². The monoisotopic (exact) mass is 655 g/mol. The Morgan fingerprint density at radius 1 is 0.957 bits per heavy atom. The summed E-state index contributed by atoms with van der Waals surface area (Å²) in [5.74, 6) is -3.65. The number of hydrogen-bond donors (Lipinski definition) is 5. The number of carboxylic acid groups (broad SMARTS) is 2. The van der Waals surface area contributed by atoms with Crippen LogP contribution >= 0.6 is 0 Å². The fourth-order valence-electron chi connectivity index (χ4n) is 3.99. The fourth-order valence-corrected chi connectivity index (χ4v) is 3.99. The number of hydrogen-bond acceptors (Lipinski definition) is 9. The quantitative estimate of drug-likeness (QED) is 0.200. The molecule has 0 bridgehead atoms. The Hall–Kier alpha value is -5.49. The number of H-pyrrole nitrogens is 1. The molecule has 1 fully saturated rings. The highest BCUT2D eigenvalue weighted by molar-refractivity contribution is 5.95. The second-order valence-corrected chi connectivity index (χ2v) is 9.91. The molecule has 1 atom stereocenters. The van der Waals surface area contributed by atoms with Crippen LogP contribution in [0.4, 0.5) is 32.3 Å². The van der Waals surface area contributed by atoms with Gasteiger partial charge in [-0.3, -0.25) is 4.79 Å². The number of imidazole rings is 1. The second kappa shape index (κ2) is 13.2. The van der Waals surface area contributed by atoms with Crippen LogP contribution in [0, 0.1) is 0 Å². The number of halogens is 6. The van der Waals surface area contributed by atoms with Gasteiger partial charge in [0.2, 0.25) is 5.95 Å². The van der Waals surface area contributed by atoms with Crippen LogP contribution in [-0.2, 0) is 16.0 Å². The molecule has 19 heteroatoms. The summed E-state index contributed by atoms with van der Waals surface area (Å²) in [5, 5.41) is 17.3. The lowest BCUT2D eigenvalue weighted by molar-refractivity contribution is -0.193. The van der Waals surface area contributed by atoms with Gasteiger partial charge in [0.1, 0.15) is 11.6 Å². The van der Waals surface area contributed by atoms with Crippen molar-refractivity contribution in [1.82, 2.24) is 30.2 Å². The number of aromatic nitrogens is 5. The first-order chi connectivity index (χ1) is 21.5. The molecule has 2 aliphatic rings. The second-order valence-electron chi connectivity index (χ2n) is 9.91. The van der Waals surface area contributed by atoms with Crippen LogP contribution < -0.4 is 15.8 Å². The number of nitrogens with two attached hydrogens (primary N) is 1. The van der Waals surface area contributed by atoms with Crippen molar-refractivity contribution in [3.63, 3.8) is 0 Å². The maximum absolute atomic E-state index is 12.4. The fraction of sp³-hybridized carbons (Fsp3) is 0.296. The van der Waals surface area contributed by atoms with Crippen LogP contribution in [-0.4, -0.2) is 78.0 Å². The molecule has 4 heterocycles. The number of carboxylic acids is 2. The molecule has 1 unspecified atom stereocenters. The summed E-state index contributed by atoms with van der Waals surface area (Å²) >= 11 is 0. The average Bonchev–Trinajstić information content (AvgIpc) is 3.70. The van der Waals surface area contributed by atoms with E-state index in [0.717, 1.165) is 47.5 Å². The van der Waals surface area contributed by atoms with Gasteiger partial charge >= 0.3 is 24.3 Å². The predicted molar refractivity (Wildman–Crippen MR) is 146 cm³/mol. The number of aromatic amines is 1. The van der Waals surface area contributed by atoms with Gasteiger partial charge in [-0.25, -0.2) is 29.5 Å². The van der Waals surface area contributed by atoms with Gasteiger partial charge in [-0.2, -0.15) is 26.3 Å². The first-order valence-electron chi connectivity index (χ1n) is 13.1. The lowest BCUT2D eigenvalue weighted by Gasteiger charge is -2.24. The summed E-state index contributed by atoms with van der Waals surface area (Å²) in [4.78, 5) is 51.0. The summed E-state index contributed by atoms with van der Waals surface area (Å²) in [5.41, 5.74) is 10.4. The zero-order chi connectivity index (χ0) is 33.8. The molecule has 1 saturated carbocycles. The highest BCUT2D eigenvalue weighted by Gasteiger charge is 2.39. The highest BCUT2D eigenvalue weighted by Crippen LogP contribution is 2.33. The highest BCUT2D eigenvalue weighted by atomic mass is 19.4. The Morgan fingerprint density at radius 3 is 2.20 bits per heavy atom. The molecule has 6 rings (SSSR count). The van der Waals surface area contributed by atoms with Gasteiger partial charge < -0.3 is 31.0 Å². The zero-order valence-corrected chi connectivity index (χ0v) is 23.2. The number of nitrogens with one attached hydrogen (secondary N) is 2. The maximum Gasteiger partial charge on any atom is 0.490 e. The van der Waals surface area contributed by atoms with E-state index in [-0.39, 0.29) is 17.8 Å². The van der Waals surface area contributed by atoms with Crippen LogP contribution in [0.2, 0.25) is 0 Å². The average molecular weight is 656 g/mol. The number of alkyl halides is 6. The van der Waals surface area contributed by atoms with Crippen molar-refractivity contribution < 1.29 is 55.7 Å². The first kappa shape index (κ1) is 33.4. The third kappa shape index (κ3) is 8.79. The number of rotatable bonds is 4. The molecule has 46 heavy (non-hydrogen) atoms. The van der Waals surface area contributed by atoms with Crippen LogP contribution in [0.3, 0.4) is 0 Å². The number of fused-ring (bicyclic) bond motifs is 2. The summed E-state index contributed by atoms with van der Waals surface area (Å²) in [7, 11) is 0. The Bertz CT molecular complexity index is 1730. The minimum atomic E-state index is -5.08. The number of nitrogen functional groups attached to an aromatic ring is 1. The number of benzene rings is 1. The number of anilines is 1. The van der Waals surface area contributed by atoms with Crippen molar-refractivity contribution in [2.45, 2.75) is 43.6 Å². The topological polar surface area (TPSA) is 206 Å². The molecular weight excluding hydrogens is 632 g/mol. The van der Waals surface area contributed by atoms with Crippen molar-refractivity contribution in [2.75, 3.05) is 12.3 Å². The number of carbonyl (C=O) groups excluding carboxylic acids is 1. The Balaban J connectivity index is 0.000000289. The lowest BCUT2D eigenvalue weighted by Crippen LogP contribution is -2.26. The molecule has 6 N–H and O–H groups in total. The van der Waals surface area contributed by atoms with Crippen molar-refractivity contribution in [2.24, 2.45) is 0 Å². The van der Waals surface area contributed by atoms with Crippen molar-refractivity contribution in [3.05, 3.63) is 59.7 Å². The van der Waals surface area contributed by atoms with Gasteiger partial charge in [-0.15, -0.1) is 0 Å². The minimum absolute atomic E-state index is 0.0248. The van der Waals surface area contributed by atoms with Crippen LogP contribution in [0.15, 0.2) is 42.7 Å². The SMILES string of the molecule is Nc1nccc(-c2cnc3nc(C4COc5ccc(C(=O)NC6CC6)cc5C4)[nH]c3c2)n1.O=C(O)C(F)(F)F.O=C(O)C(F)(F)F. The molecule has 0 spiro atoms. The van der Waals surface area contributed by atoms with E-state index < -0.39 is 24.3 Å². The normalized spacial score (nSPS) is 15.7. The van der Waals surface area contributed by atoms with Gasteiger partial charge in [0.15, 0.2) is 5.65 Å². The van der Waals surface area contributed by atoms with E-state index in [1.165, 1.54) is 0 Å². The summed E-state index contributed by atoms with van der Waals surface area (Å²) in [6, 6.07) is 9.71. The molecule has 0 radical (unpaired) electrons. The summed E-state index contributed by atoms with van der Waals surface area (Å²) in [6.07, 6.45) is -3.96. The molecule has 1 amide bonds. The minimum Gasteiger partial charge on any atom is -0.493 e. The molecule has 4 aromatic rings. The van der Waals surface area contributed by atoms with E-state index in [4.69, 9.17) is 30.3 Å². The van der Waals surface area contributed by atoms with Gasteiger partial charge in [0.25, 0.3) is 5.91 Å². The Labute approximate surface area is 253 Å². The van der Waals surface area contributed by atoms with Crippen LogP contribution in [0.1, 0.15) is 40.5 Å². The Kier molecular flexibility index (Phi) is 9.62. The lowest BCUT2D eigenvalue weighted by atomic mass is 9.94. The van der Waals surface area contributed by atoms with E-state index in [2.05, 4.69) is 30.2 Å². The number of aliphatic carboxylic acids is 2. The number of ether oxygens (including phenoxy) is 1. The smallest absolute Gasteiger partial charge is 0.490 e. The third-order valence-electron chi connectivity index (χ3n) is 6.34. The summed E-state index contributed by atoms with van der Waals surface area (Å²) < 4.78 is 69.5. The largest absolute Gasteiger partial charge is 0.493 e. The molecule has 1 aromatic carbocycles. The standard InChI is InChI=1S/C23H21N7O2.2C2HF3O2/c24-23-25-6-5-17(29-23)14-9-18-21(26-10-14)30-20(28-18)15-8-13-7-12(1-4-19(13)32-11-15)22(31)27-16-2-3-16;2*3-2(4,5)1(6)7/h1,4-7,9-10,15-16H,2-3,8,11H2,(H,27,31)(H2,24,25,29)(H,26,28,30);2*(H,6,7). The van der Waals surface area contributed by atoms with Crippen LogP contribution in [0.25, 0.3) is 22.4 Å². The van der Waals surface area contributed by atoms with Crippen molar-refractivity contribution in [1.29, 1.82) is 0 Å². The molecule has 1 aliphatic heterocycles. The van der Waals surface area contributed by atoms with E-state index in [9.17, 15) is 31.1 Å². The third-order valence-corrected chi connectivity index (χ3v) is 6.34. The van der Waals surface area contributed by atoms with Gasteiger partial charge in [-0.1, -0.05) is 0 Å². The van der Waals surface area contributed by atoms with Gasteiger partial charge in [0.05, 0.1) is 23.7 Å². The van der Waals surface area contributed by atoms with Crippen molar-refractivity contribution >= 4 is 35.0 Å². The molecule has 244 valence electrons. The zero-order valence-electron chi connectivity index (χ0n) is 23.2. The maximum atomic E-state index is 12.4. The van der Waals surface area contributed by atoms with E-state index in [1.807, 2.05) is 24.3 Å². The van der Waals surface area contributed by atoms with Crippen molar-refractivity contribution in [3.8, 4) is 17.0 Å². The van der Waals surface area contributed by atoms with Gasteiger partial charge in [-0.05, 0) is 55.2 Å². The van der Waals surface area contributed by atoms with Gasteiger partial charge in [0, 0.05) is 29.6 Å². The number of amides is 1. The molecule has 1 aliphatic carbocycles. The van der Waals surface area contributed by atoms with E-state index in [0.29, 0.717) is 29.6 Å². The number of nitrogens with zero attached hydrogens (tertiary/aromatic N) is 4. The first-order valence-corrected chi connectivity index (χ1v) is 13.1. The molecular formula is C27H23F6N7O6. The summed E-state index contributed by atoms with van der Waals surface area (Å²) in [6.45, 7) is 0.510. The Morgan fingerprint density at radius 2 is 1.61 bits per heavy atom. The van der Waals surface area contributed by atoms with Crippen LogP contribution in [0.5, 0.6) is 5.75 Å². The molecule has 3 aromatic heterocycles. The molecule has 13 nitrogen and oxygen atoms in total. The predicted octanol–water partition coefficient (Wildman–Crippen LogP) is 3.87. The molecule has 0 saturated heterocycles.